The van der Waals surface area contributed by atoms with Gasteiger partial charge in [-0.1, -0.05) is 11.6 Å². The Hall–Kier alpha value is -1.44. The van der Waals surface area contributed by atoms with E-state index >= 15 is 0 Å². The molecule has 5 heteroatoms. The Labute approximate surface area is 104 Å². The van der Waals surface area contributed by atoms with E-state index in [2.05, 4.69) is 11.4 Å². The van der Waals surface area contributed by atoms with E-state index < -0.39 is 0 Å². The fourth-order valence-corrected chi connectivity index (χ4v) is 2.12. The molecule has 0 amide bonds. The molecule has 1 aromatic rings. The Morgan fingerprint density at radius 2 is 2.24 bits per heavy atom. The summed E-state index contributed by atoms with van der Waals surface area (Å²) in [4.78, 5) is 0. The molecule has 1 aromatic carbocycles. The minimum atomic E-state index is -0.338. The topological polar surface area (TPSA) is 54.3 Å². The second kappa shape index (κ2) is 4.10. The third kappa shape index (κ3) is 2.04. The van der Waals surface area contributed by atoms with Crippen LogP contribution in [0.4, 0.5) is 0 Å². The minimum absolute atomic E-state index is 0.186. The third-order valence-electron chi connectivity index (χ3n) is 2.89. The van der Waals surface area contributed by atoms with E-state index in [4.69, 9.17) is 26.3 Å². The largest absolute Gasteiger partial charge is 0.454 e. The molecule has 1 saturated carbocycles. The lowest BCUT2D eigenvalue weighted by Gasteiger charge is -2.12. The van der Waals surface area contributed by atoms with Gasteiger partial charge in [-0.2, -0.15) is 5.26 Å². The number of ether oxygens (including phenoxy) is 2. The second-order valence-electron chi connectivity index (χ2n) is 4.24. The number of benzene rings is 1. The number of hydrogen-bond donors (Lipinski definition) is 1. The zero-order valence-electron chi connectivity index (χ0n) is 9.07. The first kappa shape index (κ1) is 10.7. The van der Waals surface area contributed by atoms with Crippen LogP contribution in [-0.4, -0.2) is 12.8 Å². The molecule has 1 aliphatic carbocycles. The summed E-state index contributed by atoms with van der Waals surface area (Å²) in [5, 5.41) is 12.9. The van der Waals surface area contributed by atoms with Crippen LogP contribution in [0.5, 0.6) is 11.5 Å². The second-order valence-corrected chi connectivity index (χ2v) is 4.65. The Bertz CT molecular complexity index is 494. The zero-order chi connectivity index (χ0) is 11.8. The maximum atomic E-state index is 9.17. The molecule has 3 rings (SSSR count). The first-order valence-corrected chi connectivity index (χ1v) is 5.90. The number of fused-ring (bicyclic) bond motifs is 1. The van der Waals surface area contributed by atoms with Crippen molar-refractivity contribution in [1.82, 2.24) is 5.32 Å². The predicted molar refractivity (Wildman–Crippen MR) is 62.1 cm³/mol. The number of hydrogen-bond acceptors (Lipinski definition) is 4. The van der Waals surface area contributed by atoms with Gasteiger partial charge in [-0.15, -0.1) is 0 Å². The lowest BCUT2D eigenvalue weighted by molar-refractivity contribution is 0.174. The van der Waals surface area contributed by atoms with Gasteiger partial charge in [-0.3, -0.25) is 5.32 Å². The fraction of sp³-hybridized carbons (Fsp3) is 0.417. The van der Waals surface area contributed by atoms with E-state index in [9.17, 15) is 0 Å². The van der Waals surface area contributed by atoms with E-state index in [1.165, 1.54) is 0 Å². The number of nitrogens with zero attached hydrogens (tertiary/aromatic N) is 1. The summed E-state index contributed by atoms with van der Waals surface area (Å²) in [6.07, 6.45) is 2.27. The summed E-state index contributed by atoms with van der Waals surface area (Å²) in [5.74, 6) is 1.18. The van der Waals surface area contributed by atoms with Crippen LogP contribution >= 0.6 is 11.6 Å². The van der Waals surface area contributed by atoms with Gasteiger partial charge in [-0.05, 0) is 30.5 Å². The smallest absolute Gasteiger partial charge is 0.231 e. The maximum absolute atomic E-state index is 9.17. The van der Waals surface area contributed by atoms with Gasteiger partial charge in [0.05, 0.1) is 11.1 Å². The highest BCUT2D eigenvalue weighted by Crippen LogP contribution is 2.41. The van der Waals surface area contributed by atoms with Crippen LogP contribution in [0.3, 0.4) is 0 Å². The van der Waals surface area contributed by atoms with Crippen LogP contribution in [0.2, 0.25) is 5.02 Å². The van der Waals surface area contributed by atoms with Crippen molar-refractivity contribution < 1.29 is 9.47 Å². The van der Waals surface area contributed by atoms with Crippen molar-refractivity contribution >= 4 is 11.6 Å². The van der Waals surface area contributed by atoms with Crippen molar-refractivity contribution in [3.63, 3.8) is 0 Å². The van der Waals surface area contributed by atoms with Crippen LogP contribution in [0.1, 0.15) is 24.4 Å². The standard InChI is InChI=1S/C12H11ClN2O2/c13-9-3-7(4-11-12(9)17-6-16-11)10(5-14)15-8-1-2-8/h3-4,8,10,15H,1-2,6H2. The van der Waals surface area contributed by atoms with Gasteiger partial charge in [0.2, 0.25) is 6.79 Å². The van der Waals surface area contributed by atoms with Crippen LogP contribution in [0.15, 0.2) is 12.1 Å². The predicted octanol–water partition coefficient (Wildman–Crippen LogP) is 2.39. The molecule has 0 aromatic heterocycles. The Kier molecular flexibility index (Phi) is 2.58. The number of halogens is 1. The van der Waals surface area contributed by atoms with Crippen molar-refractivity contribution in [1.29, 1.82) is 5.26 Å². The molecule has 1 heterocycles. The Morgan fingerprint density at radius 1 is 1.41 bits per heavy atom. The summed E-state index contributed by atoms with van der Waals surface area (Å²) < 4.78 is 10.5. The molecule has 4 nitrogen and oxygen atoms in total. The monoisotopic (exact) mass is 250 g/mol. The first-order valence-electron chi connectivity index (χ1n) is 5.52. The van der Waals surface area contributed by atoms with Gasteiger partial charge >= 0.3 is 0 Å². The molecule has 0 spiro atoms. The van der Waals surface area contributed by atoms with Gasteiger partial charge in [0.1, 0.15) is 6.04 Å². The molecule has 0 saturated heterocycles. The zero-order valence-corrected chi connectivity index (χ0v) is 9.83. The highest BCUT2D eigenvalue weighted by Gasteiger charge is 2.27. The summed E-state index contributed by atoms with van der Waals surface area (Å²) in [6, 6.07) is 5.94. The molecule has 1 aliphatic heterocycles. The summed E-state index contributed by atoms with van der Waals surface area (Å²) in [7, 11) is 0. The number of nitriles is 1. The highest BCUT2D eigenvalue weighted by molar-refractivity contribution is 6.32. The van der Waals surface area contributed by atoms with Gasteiger partial charge < -0.3 is 9.47 Å². The third-order valence-corrected chi connectivity index (χ3v) is 3.17. The van der Waals surface area contributed by atoms with Crippen molar-refractivity contribution in [2.45, 2.75) is 24.9 Å². The van der Waals surface area contributed by atoms with Gasteiger partial charge in [-0.25, -0.2) is 0 Å². The molecule has 1 unspecified atom stereocenters. The highest BCUT2D eigenvalue weighted by atomic mass is 35.5. The van der Waals surface area contributed by atoms with Crippen LogP contribution in [0, 0.1) is 11.3 Å². The quantitative estimate of drug-likeness (QED) is 0.895. The van der Waals surface area contributed by atoms with Crippen molar-refractivity contribution in [2.24, 2.45) is 0 Å². The number of rotatable bonds is 3. The fourth-order valence-electron chi connectivity index (χ4n) is 1.85. The van der Waals surface area contributed by atoms with Crippen LogP contribution in [-0.2, 0) is 0 Å². The lowest BCUT2D eigenvalue weighted by Crippen LogP contribution is -2.21. The molecule has 17 heavy (non-hydrogen) atoms. The van der Waals surface area contributed by atoms with Gasteiger partial charge in [0.15, 0.2) is 11.5 Å². The molecule has 1 fully saturated rings. The molecule has 1 atom stereocenters. The average Bonchev–Trinajstić information content (AvgIpc) is 3.01. The van der Waals surface area contributed by atoms with Gasteiger partial charge in [0, 0.05) is 6.04 Å². The molecular weight excluding hydrogens is 240 g/mol. The molecule has 0 bridgehead atoms. The molecule has 2 aliphatic rings. The SMILES string of the molecule is N#CC(NC1CC1)c1cc(Cl)c2c(c1)OCO2. The average molecular weight is 251 g/mol. The van der Waals surface area contributed by atoms with E-state index in [0.29, 0.717) is 22.6 Å². The van der Waals surface area contributed by atoms with Crippen molar-refractivity contribution in [2.75, 3.05) is 6.79 Å². The maximum Gasteiger partial charge on any atom is 0.231 e. The van der Waals surface area contributed by atoms with Crippen molar-refractivity contribution in [3.05, 3.63) is 22.7 Å². The van der Waals surface area contributed by atoms with Crippen LogP contribution < -0.4 is 14.8 Å². The minimum Gasteiger partial charge on any atom is -0.454 e. The van der Waals surface area contributed by atoms with E-state index in [1.807, 2.05) is 6.07 Å². The normalized spacial score (nSPS) is 18.8. The molecule has 88 valence electrons. The Morgan fingerprint density at radius 3 is 2.94 bits per heavy atom. The Balaban J connectivity index is 1.91. The molecule has 0 radical (unpaired) electrons. The van der Waals surface area contributed by atoms with E-state index in [1.54, 1.807) is 6.07 Å². The summed E-state index contributed by atoms with van der Waals surface area (Å²) >= 11 is 6.09. The lowest BCUT2D eigenvalue weighted by atomic mass is 10.1. The van der Waals surface area contributed by atoms with Gasteiger partial charge in [0.25, 0.3) is 0 Å². The van der Waals surface area contributed by atoms with Crippen molar-refractivity contribution in [3.8, 4) is 17.6 Å². The first-order chi connectivity index (χ1) is 8.28. The molecule has 1 N–H and O–H groups in total. The van der Waals surface area contributed by atoms with Crippen LogP contribution in [0.25, 0.3) is 0 Å². The summed E-state index contributed by atoms with van der Waals surface area (Å²) in [6.45, 7) is 0.186. The van der Waals surface area contributed by atoms with E-state index in [0.717, 1.165) is 18.4 Å². The van der Waals surface area contributed by atoms with E-state index in [-0.39, 0.29) is 12.8 Å². The number of nitrogens with one attached hydrogen (secondary N) is 1. The summed E-state index contributed by atoms with van der Waals surface area (Å²) in [5.41, 5.74) is 0.827. The molecular formula is C12H11ClN2O2.